The Balaban J connectivity index is 2.62. The highest BCUT2D eigenvalue weighted by Gasteiger charge is 2.04. The highest BCUT2D eigenvalue weighted by Crippen LogP contribution is 2.22. The van der Waals surface area contributed by atoms with Gasteiger partial charge in [0, 0.05) is 0 Å². The Morgan fingerprint density at radius 3 is 2.00 bits per heavy atom. The van der Waals surface area contributed by atoms with Gasteiger partial charge >= 0.3 is 0 Å². The van der Waals surface area contributed by atoms with Gasteiger partial charge in [-0.1, -0.05) is 64.1 Å². The third kappa shape index (κ3) is 3.84. The van der Waals surface area contributed by atoms with Gasteiger partial charge in [-0.05, 0) is 35.8 Å². The molecule has 1 rings (SSSR count). The van der Waals surface area contributed by atoms with Crippen LogP contribution in [-0.4, -0.2) is 0 Å². The van der Waals surface area contributed by atoms with Crippen LogP contribution in [0.2, 0.25) is 0 Å². The van der Waals surface area contributed by atoms with Gasteiger partial charge in [0.2, 0.25) is 0 Å². The SMILES string of the molecule is CC/C=C\CC(C)c1ccc(C(C)C)cc1. The van der Waals surface area contributed by atoms with Crippen molar-refractivity contribution in [3.63, 3.8) is 0 Å². The minimum absolute atomic E-state index is 0.629. The molecule has 0 aliphatic carbocycles. The van der Waals surface area contributed by atoms with Gasteiger partial charge in [0.15, 0.2) is 0 Å². The molecule has 1 aromatic rings. The molecule has 0 N–H and O–H groups in total. The molecular formula is C16H24. The standard InChI is InChI=1S/C16H24/c1-5-6-7-8-14(4)16-11-9-15(10-12-16)13(2)3/h6-7,9-14H,5,8H2,1-4H3/b7-6-. The molecule has 16 heavy (non-hydrogen) atoms. The van der Waals surface area contributed by atoms with Crippen molar-refractivity contribution in [2.24, 2.45) is 0 Å². The monoisotopic (exact) mass is 216 g/mol. The molecule has 0 amide bonds. The third-order valence-electron chi connectivity index (χ3n) is 3.06. The number of hydrogen-bond donors (Lipinski definition) is 0. The molecule has 1 aromatic carbocycles. The van der Waals surface area contributed by atoms with Crippen LogP contribution in [0.5, 0.6) is 0 Å². The van der Waals surface area contributed by atoms with Gasteiger partial charge in [0.1, 0.15) is 0 Å². The summed E-state index contributed by atoms with van der Waals surface area (Å²) in [6.07, 6.45) is 6.83. The lowest BCUT2D eigenvalue weighted by Gasteiger charge is -2.11. The fourth-order valence-corrected chi connectivity index (χ4v) is 1.81. The zero-order valence-electron chi connectivity index (χ0n) is 11.0. The largest absolute Gasteiger partial charge is 0.0888 e. The Kier molecular flexibility index (Phi) is 5.31. The molecule has 1 atom stereocenters. The van der Waals surface area contributed by atoms with Gasteiger partial charge in [-0.2, -0.15) is 0 Å². The number of benzene rings is 1. The molecule has 88 valence electrons. The summed E-state index contributed by atoms with van der Waals surface area (Å²) in [5.74, 6) is 1.26. The lowest BCUT2D eigenvalue weighted by molar-refractivity contribution is 0.775. The average molecular weight is 216 g/mol. The van der Waals surface area contributed by atoms with Crippen LogP contribution in [0.1, 0.15) is 63.5 Å². The van der Waals surface area contributed by atoms with E-state index in [9.17, 15) is 0 Å². The first-order valence-electron chi connectivity index (χ1n) is 6.40. The summed E-state index contributed by atoms with van der Waals surface area (Å²) in [6, 6.07) is 9.08. The molecule has 0 saturated carbocycles. The Morgan fingerprint density at radius 1 is 0.938 bits per heavy atom. The summed E-state index contributed by atoms with van der Waals surface area (Å²) in [7, 11) is 0. The van der Waals surface area contributed by atoms with E-state index in [-0.39, 0.29) is 0 Å². The summed E-state index contributed by atoms with van der Waals surface area (Å²) in [5.41, 5.74) is 2.88. The molecule has 0 spiro atoms. The summed E-state index contributed by atoms with van der Waals surface area (Å²) in [5, 5.41) is 0. The van der Waals surface area contributed by atoms with Crippen molar-refractivity contribution in [1.29, 1.82) is 0 Å². The highest BCUT2D eigenvalue weighted by molar-refractivity contribution is 5.27. The zero-order chi connectivity index (χ0) is 12.0. The van der Waals surface area contributed by atoms with Gasteiger partial charge in [0.05, 0.1) is 0 Å². The second-order valence-electron chi connectivity index (χ2n) is 4.84. The van der Waals surface area contributed by atoms with Crippen LogP contribution < -0.4 is 0 Å². The van der Waals surface area contributed by atoms with Gasteiger partial charge in [-0.25, -0.2) is 0 Å². The summed E-state index contributed by atoms with van der Waals surface area (Å²) < 4.78 is 0. The third-order valence-corrected chi connectivity index (χ3v) is 3.06. The summed E-state index contributed by atoms with van der Waals surface area (Å²) >= 11 is 0. The first kappa shape index (κ1) is 13.0. The van der Waals surface area contributed by atoms with E-state index in [2.05, 4.69) is 64.1 Å². The number of rotatable bonds is 5. The Hall–Kier alpha value is -1.04. The van der Waals surface area contributed by atoms with E-state index in [1.165, 1.54) is 11.1 Å². The topological polar surface area (TPSA) is 0 Å². The van der Waals surface area contributed by atoms with Crippen LogP contribution in [-0.2, 0) is 0 Å². The fraction of sp³-hybridized carbons (Fsp3) is 0.500. The molecule has 0 aliphatic rings. The minimum Gasteiger partial charge on any atom is -0.0888 e. The maximum atomic E-state index is 2.30. The molecule has 0 aliphatic heterocycles. The van der Waals surface area contributed by atoms with Crippen molar-refractivity contribution in [2.45, 2.75) is 52.4 Å². The predicted molar refractivity (Wildman–Crippen MR) is 73.0 cm³/mol. The Bertz CT molecular complexity index is 316. The van der Waals surface area contributed by atoms with E-state index in [1.54, 1.807) is 0 Å². The molecule has 0 bridgehead atoms. The van der Waals surface area contributed by atoms with Crippen LogP contribution in [0.4, 0.5) is 0 Å². The van der Waals surface area contributed by atoms with Crippen LogP contribution in [0.3, 0.4) is 0 Å². The molecular weight excluding hydrogens is 192 g/mol. The minimum atomic E-state index is 0.629. The van der Waals surface area contributed by atoms with Crippen molar-refractivity contribution in [2.75, 3.05) is 0 Å². The molecule has 0 heterocycles. The van der Waals surface area contributed by atoms with Crippen molar-refractivity contribution in [3.05, 3.63) is 47.5 Å². The van der Waals surface area contributed by atoms with Crippen LogP contribution in [0, 0.1) is 0 Å². The number of allylic oxidation sites excluding steroid dienone is 2. The van der Waals surface area contributed by atoms with Crippen LogP contribution in [0.15, 0.2) is 36.4 Å². The van der Waals surface area contributed by atoms with Crippen LogP contribution in [0.25, 0.3) is 0 Å². The van der Waals surface area contributed by atoms with Crippen molar-refractivity contribution < 1.29 is 0 Å². The van der Waals surface area contributed by atoms with E-state index in [4.69, 9.17) is 0 Å². The van der Waals surface area contributed by atoms with Crippen molar-refractivity contribution in [1.82, 2.24) is 0 Å². The summed E-state index contributed by atoms with van der Waals surface area (Å²) in [4.78, 5) is 0. The Labute approximate surface area is 100 Å². The second kappa shape index (κ2) is 6.52. The maximum Gasteiger partial charge on any atom is -0.0156 e. The first-order chi connectivity index (χ1) is 7.65. The van der Waals surface area contributed by atoms with Gasteiger partial charge in [-0.3, -0.25) is 0 Å². The molecule has 0 fully saturated rings. The number of hydrogen-bond acceptors (Lipinski definition) is 0. The molecule has 0 saturated heterocycles. The predicted octanol–water partition coefficient (Wildman–Crippen LogP) is 5.27. The molecule has 0 aromatic heterocycles. The average Bonchev–Trinajstić information content (AvgIpc) is 2.29. The Morgan fingerprint density at radius 2 is 1.50 bits per heavy atom. The quantitative estimate of drug-likeness (QED) is 0.588. The van der Waals surface area contributed by atoms with Gasteiger partial charge in [0.25, 0.3) is 0 Å². The molecule has 1 unspecified atom stereocenters. The molecule has 0 radical (unpaired) electrons. The molecule has 0 heteroatoms. The van der Waals surface area contributed by atoms with Crippen molar-refractivity contribution >= 4 is 0 Å². The van der Waals surface area contributed by atoms with E-state index in [0.29, 0.717) is 11.8 Å². The zero-order valence-corrected chi connectivity index (χ0v) is 11.0. The lowest BCUT2D eigenvalue weighted by Crippen LogP contribution is -1.93. The smallest absolute Gasteiger partial charge is 0.0156 e. The van der Waals surface area contributed by atoms with Gasteiger partial charge in [-0.15, -0.1) is 0 Å². The van der Waals surface area contributed by atoms with E-state index >= 15 is 0 Å². The van der Waals surface area contributed by atoms with Gasteiger partial charge < -0.3 is 0 Å². The van der Waals surface area contributed by atoms with E-state index in [0.717, 1.165) is 12.8 Å². The van der Waals surface area contributed by atoms with E-state index in [1.807, 2.05) is 0 Å². The van der Waals surface area contributed by atoms with Crippen LogP contribution >= 0.6 is 0 Å². The van der Waals surface area contributed by atoms with E-state index < -0.39 is 0 Å². The lowest BCUT2D eigenvalue weighted by atomic mass is 9.94. The first-order valence-corrected chi connectivity index (χ1v) is 6.40. The highest BCUT2D eigenvalue weighted by atomic mass is 14.1. The van der Waals surface area contributed by atoms with Crippen molar-refractivity contribution in [3.8, 4) is 0 Å². The maximum absolute atomic E-state index is 2.30. The summed E-state index contributed by atoms with van der Waals surface area (Å²) in [6.45, 7) is 8.95. The molecule has 0 nitrogen and oxygen atoms in total. The second-order valence-corrected chi connectivity index (χ2v) is 4.84. The fourth-order valence-electron chi connectivity index (χ4n) is 1.81. The normalized spacial score (nSPS) is 13.6.